The number of halogens is 1. The van der Waals surface area contributed by atoms with Gasteiger partial charge in [-0.1, -0.05) is 53.7 Å². The Morgan fingerprint density at radius 1 is 1.19 bits per heavy atom. The van der Waals surface area contributed by atoms with Gasteiger partial charge >= 0.3 is 0 Å². The number of para-hydroxylation sites is 1. The third-order valence-electron chi connectivity index (χ3n) is 3.87. The molecule has 134 valence electrons. The number of hydrogen-bond acceptors (Lipinski definition) is 4. The molecule has 3 nitrogen and oxygen atoms in total. The molecule has 1 N–H and O–H groups in total. The molecule has 26 heavy (non-hydrogen) atoms. The quantitative estimate of drug-likeness (QED) is 0.523. The number of amides is 1. The number of aryl methyl sites for hydroxylation is 2. The average Bonchev–Trinajstić information content (AvgIpc) is 3.04. The Hall–Kier alpha value is -1.82. The van der Waals surface area contributed by atoms with Crippen molar-refractivity contribution in [3.63, 3.8) is 0 Å². The van der Waals surface area contributed by atoms with E-state index in [0.29, 0.717) is 0 Å². The molecule has 0 saturated carbocycles. The van der Waals surface area contributed by atoms with Crippen molar-refractivity contribution >= 4 is 46.3 Å². The summed E-state index contributed by atoms with van der Waals surface area (Å²) in [7, 11) is 0. The van der Waals surface area contributed by atoms with Gasteiger partial charge in [-0.25, -0.2) is 4.98 Å². The van der Waals surface area contributed by atoms with Crippen molar-refractivity contribution in [2.45, 2.75) is 30.4 Å². The van der Waals surface area contributed by atoms with Crippen molar-refractivity contribution < 1.29 is 4.79 Å². The molecule has 0 radical (unpaired) electrons. The number of anilines is 1. The van der Waals surface area contributed by atoms with Crippen LogP contribution < -0.4 is 5.32 Å². The number of thioether (sulfide) groups is 1. The Bertz CT molecular complexity index is 903. The molecule has 0 saturated heterocycles. The van der Waals surface area contributed by atoms with Gasteiger partial charge in [-0.3, -0.25) is 4.79 Å². The maximum Gasteiger partial charge on any atom is 0.230 e. The van der Waals surface area contributed by atoms with Gasteiger partial charge in [0.05, 0.1) is 12.1 Å². The molecule has 0 aliphatic rings. The normalized spacial score (nSPS) is 10.7. The summed E-state index contributed by atoms with van der Waals surface area (Å²) in [5.74, 6) is 0.765. The molecule has 0 aliphatic carbocycles. The van der Waals surface area contributed by atoms with Crippen LogP contribution in [0.4, 0.5) is 5.69 Å². The largest absolute Gasteiger partial charge is 0.325 e. The number of carbonyl (C=O) groups is 1. The van der Waals surface area contributed by atoms with E-state index in [4.69, 9.17) is 11.6 Å². The van der Waals surface area contributed by atoms with E-state index in [9.17, 15) is 4.79 Å². The van der Waals surface area contributed by atoms with Crippen LogP contribution in [0.5, 0.6) is 0 Å². The van der Waals surface area contributed by atoms with Crippen molar-refractivity contribution in [3.05, 3.63) is 75.3 Å². The molecule has 0 bridgehead atoms. The zero-order valence-corrected chi connectivity index (χ0v) is 17.0. The molecule has 0 aliphatic heterocycles. The van der Waals surface area contributed by atoms with Gasteiger partial charge in [0.1, 0.15) is 4.34 Å². The Morgan fingerprint density at radius 2 is 1.92 bits per heavy atom. The molecular formula is C20H19ClN2OS2. The van der Waals surface area contributed by atoms with Crippen LogP contribution in [0.2, 0.25) is 5.02 Å². The first-order valence-electron chi connectivity index (χ1n) is 8.19. The number of aromatic nitrogens is 1. The summed E-state index contributed by atoms with van der Waals surface area (Å²) in [6, 6.07) is 13.8. The van der Waals surface area contributed by atoms with Crippen LogP contribution in [0.25, 0.3) is 0 Å². The number of thiazole rings is 1. The van der Waals surface area contributed by atoms with Crippen LogP contribution in [-0.2, 0) is 17.0 Å². The average molecular weight is 403 g/mol. The highest BCUT2D eigenvalue weighted by Crippen LogP contribution is 2.27. The van der Waals surface area contributed by atoms with Gasteiger partial charge in [-0.2, -0.15) is 0 Å². The topological polar surface area (TPSA) is 42.0 Å². The molecule has 3 aromatic rings. The number of carbonyl (C=O) groups excluding carboxylic acids is 1. The third-order valence-corrected chi connectivity index (χ3v) is 6.25. The molecule has 1 heterocycles. The van der Waals surface area contributed by atoms with Crippen LogP contribution in [0.3, 0.4) is 0 Å². The fourth-order valence-corrected chi connectivity index (χ4v) is 4.57. The van der Waals surface area contributed by atoms with Crippen LogP contribution in [0.15, 0.2) is 52.2 Å². The van der Waals surface area contributed by atoms with Gasteiger partial charge < -0.3 is 5.32 Å². The maximum absolute atomic E-state index is 12.3. The first-order chi connectivity index (χ1) is 12.5. The zero-order valence-electron chi connectivity index (χ0n) is 14.6. The van der Waals surface area contributed by atoms with Gasteiger partial charge in [-0.05, 0) is 42.7 Å². The Balaban J connectivity index is 1.57. The lowest BCUT2D eigenvalue weighted by Crippen LogP contribution is -2.16. The van der Waals surface area contributed by atoms with Crippen LogP contribution in [0, 0.1) is 13.8 Å². The number of nitrogens with zero attached hydrogens (tertiary/aromatic N) is 1. The molecule has 0 unspecified atom stereocenters. The maximum atomic E-state index is 12.3. The van der Waals surface area contributed by atoms with Crippen LogP contribution in [0.1, 0.15) is 22.4 Å². The number of hydrogen-bond donors (Lipinski definition) is 1. The van der Waals surface area contributed by atoms with E-state index in [0.717, 1.165) is 43.2 Å². The Labute approximate surface area is 166 Å². The highest BCUT2D eigenvalue weighted by atomic mass is 35.5. The van der Waals surface area contributed by atoms with Gasteiger partial charge in [0.15, 0.2) is 0 Å². The third kappa shape index (κ3) is 5.10. The van der Waals surface area contributed by atoms with Gasteiger partial charge in [0.25, 0.3) is 0 Å². The van der Waals surface area contributed by atoms with Gasteiger partial charge in [0, 0.05) is 21.8 Å². The lowest BCUT2D eigenvalue weighted by atomic mass is 10.1. The second-order valence-corrected chi connectivity index (χ2v) is 8.53. The van der Waals surface area contributed by atoms with Crippen molar-refractivity contribution in [2.24, 2.45) is 0 Å². The summed E-state index contributed by atoms with van der Waals surface area (Å²) in [4.78, 5) is 16.9. The van der Waals surface area contributed by atoms with E-state index < -0.39 is 0 Å². The predicted molar refractivity (Wildman–Crippen MR) is 111 cm³/mol. The second-order valence-electron chi connectivity index (χ2n) is 6.02. The summed E-state index contributed by atoms with van der Waals surface area (Å²) in [6.07, 6.45) is 0.280. The number of nitrogens with one attached hydrogen (secondary N) is 1. The zero-order chi connectivity index (χ0) is 18.5. The Kier molecular flexibility index (Phi) is 6.35. The SMILES string of the molecule is Cc1cccc(C)c1NC(=O)Cc1csc(SCc2cccc(Cl)c2)n1. The molecule has 0 spiro atoms. The molecule has 1 amide bonds. The molecule has 0 atom stereocenters. The smallest absolute Gasteiger partial charge is 0.230 e. The Morgan fingerprint density at radius 3 is 2.65 bits per heavy atom. The molecule has 6 heteroatoms. The minimum atomic E-state index is -0.0425. The minimum absolute atomic E-state index is 0.0425. The first kappa shape index (κ1) is 19.0. The minimum Gasteiger partial charge on any atom is -0.325 e. The summed E-state index contributed by atoms with van der Waals surface area (Å²) in [6.45, 7) is 3.99. The van der Waals surface area contributed by atoms with E-state index >= 15 is 0 Å². The molecule has 1 aromatic heterocycles. The van der Waals surface area contributed by atoms with E-state index in [1.54, 1.807) is 23.1 Å². The fraction of sp³-hybridized carbons (Fsp3) is 0.200. The van der Waals surface area contributed by atoms with E-state index in [1.165, 1.54) is 0 Å². The lowest BCUT2D eigenvalue weighted by molar-refractivity contribution is -0.115. The summed E-state index contributed by atoms with van der Waals surface area (Å²) >= 11 is 9.23. The second kappa shape index (κ2) is 8.71. The molecular weight excluding hydrogens is 384 g/mol. The lowest BCUT2D eigenvalue weighted by Gasteiger charge is -2.10. The van der Waals surface area contributed by atoms with E-state index in [1.807, 2.05) is 61.7 Å². The van der Waals surface area contributed by atoms with Crippen molar-refractivity contribution in [2.75, 3.05) is 5.32 Å². The summed E-state index contributed by atoms with van der Waals surface area (Å²) < 4.78 is 0.958. The monoisotopic (exact) mass is 402 g/mol. The van der Waals surface area contributed by atoms with Crippen molar-refractivity contribution in [3.8, 4) is 0 Å². The van der Waals surface area contributed by atoms with Crippen LogP contribution in [-0.4, -0.2) is 10.9 Å². The number of benzene rings is 2. The summed E-state index contributed by atoms with van der Waals surface area (Å²) in [5, 5.41) is 5.70. The standard InChI is InChI=1S/C20H19ClN2OS2/c1-13-5-3-6-14(2)19(13)23-18(24)10-17-12-26-20(22-17)25-11-15-7-4-8-16(21)9-15/h3-9,12H,10-11H2,1-2H3,(H,23,24). The van der Waals surface area contributed by atoms with Gasteiger partial charge in [0.2, 0.25) is 5.91 Å². The van der Waals surface area contributed by atoms with Crippen molar-refractivity contribution in [1.29, 1.82) is 0 Å². The van der Waals surface area contributed by atoms with Crippen LogP contribution >= 0.6 is 34.7 Å². The first-order valence-corrected chi connectivity index (χ1v) is 10.4. The van der Waals surface area contributed by atoms with E-state index in [-0.39, 0.29) is 12.3 Å². The van der Waals surface area contributed by atoms with Crippen molar-refractivity contribution in [1.82, 2.24) is 4.98 Å². The highest BCUT2D eigenvalue weighted by Gasteiger charge is 2.11. The van der Waals surface area contributed by atoms with E-state index in [2.05, 4.69) is 10.3 Å². The highest BCUT2D eigenvalue weighted by molar-refractivity contribution is 8.00. The molecule has 2 aromatic carbocycles. The molecule has 0 fully saturated rings. The number of rotatable bonds is 6. The summed E-state index contributed by atoms with van der Waals surface area (Å²) in [5.41, 5.74) is 4.98. The molecule has 3 rings (SSSR count). The van der Waals surface area contributed by atoms with Gasteiger partial charge in [-0.15, -0.1) is 11.3 Å². The predicted octanol–water partition coefficient (Wildman–Crippen LogP) is 5.89. The fourth-order valence-electron chi connectivity index (χ4n) is 2.57.